The first kappa shape index (κ1) is 17.9. The van der Waals surface area contributed by atoms with Gasteiger partial charge in [-0.25, -0.2) is 13.1 Å². The quantitative estimate of drug-likeness (QED) is 0.729. The summed E-state index contributed by atoms with van der Waals surface area (Å²) in [5.74, 6) is -0.379. The van der Waals surface area contributed by atoms with Crippen molar-refractivity contribution in [2.45, 2.75) is 25.2 Å². The van der Waals surface area contributed by atoms with Gasteiger partial charge in [-0.1, -0.05) is 30.3 Å². The van der Waals surface area contributed by atoms with Crippen LogP contribution in [0.4, 0.5) is 0 Å². The molecular formula is C15H22N2O5S. The second-order valence-corrected chi connectivity index (χ2v) is 7.30. The number of hydrogen-bond donors (Lipinski definition) is 2. The summed E-state index contributed by atoms with van der Waals surface area (Å²) in [6.07, 6.45) is 1.39. The number of sulfonamides is 1. The molecule has 0 aliphatic carbocycles. The molecule has 1 fully saturated rings. The fourth-order valence-corrected chi connectivity index (χ4v) is 2.67. The second kappa shape index (κ2) is 8.39. The van der Waals surface area contributed by atoms with Crippen LogP contribution in [0.2, 0.25) is 0 Å². The Labute approximate surface area is 136 Å². The largest absolute Gasteiger partial charge is 0.379 e. The van der Waals surface area contributed by atoms with Gasteiger partial charge in [-0.05, 0) is 12.0 Å². The first-order chi connectivity index (χ1) is 10.9. The first-order valence-corrected chi connectivity index (χ1v) is 9.30. The van der Waals surface area contributed by atoms with Crippen molar-refractivity contribution in [3.63, 3.8) is 0 Å². The van der Waals surface area contributed by atoms with Crippen molar-refractivity contribution in [1.29, 1.82) is 0 Å². The predicted molar refractivity (Wildman–Crippen MR) is 85.2 cm³/mol. The van der Waals surface area contributed by atoms with Gasteiger partial charge in [0.25, 0.3) is 0 Å². The molecule has 0 unspecified atom stereocenters. The number of nitrogens with one attached hydrogen (secondary N) is 2. The van der Waals surface area contributed by atoms with Crippen LogP contribution in [-0.2, 0) is 30.9 Å². The van der Waals surface area contributed by atoms with Crippen molar-refractivity contribution in [3.8, 4) is 0 Å². The van der Waals surface area contributed by atoms with Crippen LogP contribution in [0.5, 0.6) is 0 Å². The third kappa shape index (κ3) is 6.66. The van der Waals surface area contributed by atoms with Crippen LogP contribution in [0, 0.1) is 0 Å². The molecule has 1 aliphatic heterocycles. The van der Waals surface area contributed by atoms with E-state index in [-0.39, 0.29) is 24.6 Å². The molecule has 0 saturated carbocycles. The van der Waals surface area contributed by atoms with E-state index in [0.717, 1.165) is 11.8 Å². The van der Waals surface area contributed by atoms with E-state index in [1.54, 1.807) is 0 Å². The van der Waals surface area contributed by atoms with Crippen molar-refractivity contribution in [1.82, 2.24) is 10.0 Å². The lowest BCUT2D eigenvalue weighted by molar-refractivity contribution is -0.125. The van der Waals surface area contributed by atoms with Crippen molar-refractivity contribution in [2.75, 3.05) is 26.0 Å². The summed E-state index contributed by atoms with van der Waals surface area (Å²) < 4.78 is 35.5. The Balaban J connectivity index is 1.84. The Kier molecular flexibility index (Phi) is 6.52. The van der Waals surface area contributed by atoms with Crippen molar-refractivity contribution < 1.29 is 22.7 Å². The molecule has 1 aromatic rings. The molecule has 1 heterocycles. The first-order valence-electron chi connectivity index (χ1n) is 7.41. The molecule has 1 amide bonds. The van der Waals surface area contributed by atoms with Gasteiger partial charge in [0.2, 0.25) is 15.9 Å². The van der Waals surface area contributed by atoms with Crippen molar-refractivity contribution in [2.24, 2.45) is 0 Å². The molecule has 23 heavy (non-hydrogen) atoms. The highest BCUT2D eigenvalue weighted by atomic mass is 32.2. The summed E-state index contributed by atoms with van der Waals surface area (Å²) >= 11 is 0. The lowest BCUT2D eigenvalue weighted by Crippen LogP contribution is -2.52. The van der Waals surface area contributed by atoms with Gasteiger partial charge in [0.15, 0.2) is 0 Å². The van der Waals surface area contributed by atoms with Gasteiger partial charge in [-0.2, -0.15) is 0 Å². The standard InChI is InChI=1S/C15H22N2O5S/c1-23(19,20)16-9-15(18)17-13-7-8-21-11-14(13)22-10-12-5-3-2-4-6-12/h2-6,13-14,16H,7-11H2,1H3,(H,17,18)/t13-,14-/m1/s1. The minimum Gasteiger partial charge on any atom is -0.379 e. The van der Waals surface area contributed by atoms with E-state index in [9.17, 15) is 13.2 Å². The SMILES string of the molecule is CS(=O)(=O)NCC(=O)N[C@@H]1CCOC[C@H]1OCc1ccccc1. The highest BCUT2D eigenvalue weighted by Gasteiger charge is 2.28. The van der Waals surface area contributed by atoms with E-state index in [1.807, 2.05) is 30.3 Å². The Bertz CT molecular complexity index is 606. The van der Waals surface area contributed by atoms with E-state index in [0.29, 0.717) is 26.2 Å². The fraction of sp³-hybridized carbons (Fsp3) is 0.533. The Morgan fingerprint density at radius 3 is 2.78 bits per heavy atom. The maximum atomic E-state index is 11.8. The molecule has 8 heteroatoms. The summed E-state index contributed by atoms with van der Waals surface area (Å²) in [6.45, 7) is 1.09. The van der Waals surface area contributed by atoms with Crippen LogP contribution in [0.15, 0.2) is 30.3 Å². The monoisotopic (exact) mass is 342 g/mol. The van der Waals surface area contributed by atoms with Gasteiger partial charge >= 0.3 is 0 Å². The van der Waals surface area contributed by atoms with Gasteiger partial charge in [-0.15, -0.1) is 0 Å². The van der Waals surface area contributed by atoms with Crippen molar-refractivity contribution in [3.05, 3.63) is 35.9 Å². The van der Waals surface area contributed by atoms with Gasteiger partial charge in [0.05, 0.1) is 32.1 Å². The number of hydrogen-bond acceptors (Lipinski definition) is 5. The van der Waals surface area contributed by atoms with Gasteiger partial charge in [0.1, 0.15) is 6.10 Å². The Morgan fingerprint density at radius 2 is 2.09 bits per heavy atom. The third-order valence-corrected chi connectivity index (χ3v) is 4.12. The van der Waals surface area contributed by atoms with E-state index < -0.39 is 10.0 Å². The summed E-state index contributed by atoms with van der Waals surface area (Å²) in [5.41, 5.74) is 1.04. The lowest BCUT2D eigenvalue weighted by atomic mass is 10.1. The number of amides is 1. The van der Waals surface area contributed by atoms with E-state index in [4.69, 9.17) is 9.47 Å². The molecule has 1 saturated heterocycles. The molecule has 128 valence electrons. The number of carbonyl (C=O) groups is 1. The molecule has 2 atom stereocenters. The van der Waals surface area contributed by atoms with E-state index in [1.165, 1.54) is 0 Å². The molecule has 2 N–H and O–H groups in total. The van der Waals surface area contributed by atoms with Crippen LogP contribution >= 0.6 is 0 Å². The minimum absolute atomic E-state index is 0.193. The van der Waals surface area contributed by atoms with Crippen LogP contribution < -0.4 is 10.0 Å². The third-order valence-electron chi connectivity index (χ3n) is 3.45. The Morgan fingerprint density at radius 1 is 1.35 bits per heavy atom. The number of carbonyl (C=O) groups excluding carboxylic acids is 1. The molecule has 7 nitrogen and oxygen atoms in total. The molecule has 1 aromatic carbocycles. The van der Waals surface area contributed by atoms with Crippen LogP contribution in [0.3, 0.4) is 0 Å². The summed E-state index contributed by atoms with van der Waals surface area (Å²) in [5, 5.41) is 2.81. The molecular weight excluding hydrogens is 320 g/mol. The highest BCUT2D eigenvalue weighted by molar-refractivity contribution is 7.88. The minimum atomic E-state index is -3.39. The summed E-state index contributed by atoms with van der Waals surface area (Å²) in [7, 11) is -3.39. The van der Waals surface area contributed by atoms with Crippen LogP contribution in [0.1, 0.15) is 12.0 Å². The highest BCUT2D eigenvalue weighted by Crippen LogP contribution is 2.14. The van der Waals surface area contributed by atoms with Crippen LogP contribution in [0.25, 0.3) is 0 Å². The normalized spacial score (nSPS) is 21.8. The van der Waals surface area contributed by atoms with Crippen molar-refractivity contribution >= 4 is 15.9 Å². The lowest BCUT2D eigenvalue weighted by Gasteiger charge is -2.32. The average molecular weight is 342 g/mol. The molecule has 0 bridgehead atoms. The smallest absolute Gasteiger partial charge is 0.235 e. The number of ether oxygens (including phenoxy) is 2. The zero-order chi connectivity index (χ0) is 16.7. The molecule has 0 aromatic heterocycles. The number of rotatable bonds is 7. The average Bonchev–Trinajstić information content (AvgIpc) is 2.52. The molecule has 0 spiro atoms. The molecule has 0 radical (unpaired) electrons. The Hall–Kier alpha value is -1.48. The molecule has 2 rings (SSSR count). The zero-order valence-electron chi connectivity index (χ0n) is 13.0. The van der Waals surface area contributed by atoms with Gasteiger partial charge < -0.3 is 14.8 Å². The predicted octanol–water partition coefficient (Wildman–Crippen LogP) is 0.0261. The summed E-state index contributed by atoms with van der Waals surface area (Å²) in [4.78, 5) is 11.8. The maximum Gasteiger partial charge on any atom is 0.235 e. The van der Waals surface area contributed by atoms with Gasteiger partial charge in [-0.3, -0.25) is 4.79 Å². The maximum absolute atomic E-state index is 11.8. The molecule has 1 aliphatic rings. The fourth-order valence-electron chi connectivity index (χ4n) is 2.27. The summed E-state index contributed by atoms with van der Waals surface area (Å²) in [6, 6.07) is 9.55. The van der Waals surface area contributed by atoms with E-state index >= 15 is 0 Å². The topological polar surface area (TPSA) is 93.7 Å². The van der Waals surface area contributed by atoms with Crippen LogP contribution in [-0.4, -0.2) is 52.5 Å². The zero-order valence-corrected chi connectivity index (χ0v) is 13.8. The van der Waals surface area contributed by atoms with E-state index in [2.05, 4.69) is 10.0 Å². The van der Waals surface area contributed by atoms with Gasteiger partial charge in [0, 0.05) is 6.61 Å². The second-order valence-electron chi connectivity index (χ2n) is 5.47. The number of benzene rings is 1.